The molecule has 0 aromatic rings. The van der Waals surface area contributed by atoms with Gasteiger partial charge in [-0.2, -0.15) is 0 Å². The second-order valence-corrected chi connectivity index (χ2v) is 5.60. The van der Waals surface area contributed by atoms with Crippen LogP contribution in [0, 0.1) is 11.8 Å². The molecule has 0 N–H and O–H groups in total. The molecule has 2 unspecified atom stereocenters. The number of rotatable bonds is 6. The smallest absolute Gasteiger partial charge is 0.0120 e. The van der Waals surface area contributed by atoms with Crippen LogP contribution in [0.15, 0.2) is 0 Å². The van der Waals surface area contributed by atoms with Crippen LogP contribution >= 0.6 is 15.9 Å². The summed E-state index contributed by atoms with van der Waals surface area (Å²) < 4.78 is 0. The van der Waals surface area contributed by atoms with Crippen molar-refractivity contribution in [1.29, 1.82) is 0 Å². The molecule has 0 fully saturated rings. The van der Waals surface area contributed by atoms with E-state index < -0.39 is 0 Å². The van der Waals surface area contributed by atoms with E-state index in [1.54, 1.807) is 0 Å². The van der Waals surface area contributed by atoms with Crippen molar-refractivity contribution in [3.05, 3.63) is 0 Å². The highest BCUT2D eigenvalue weighted by molar-refractivity contribution is 9.09. The third-order valence-electron chi connectivity index (χ3n) is 2.62. The first-order valence-corrected chi connectivity index (χ1v) is 6.15. The second-order valence-electron chi connectivity index (χ2n) is 4.04. The molecule has 0 rings (SSSR count). The third kappa shape index (κ3) is 6.05. The fraction of sp³-hybridized carbons (Fsp3) is 1.00. The Morgan fingerprint density at radius 3 is 1.83 bits per heavy atom. The molecule has 74 valence electrons. The maximum absolute atomic E-state index is 3.61. The normalized spacial score (nSPS) is 16.5. The largest absolute Gasteiger partial charge is 0.0894 e. The van der Waals surface area contributed by atoms with Gasteiger partial charge in [0.1, 0.15) is 0 Å². The standard InChI is InChI=1S/C11H23Br/c1-5-11(6-2)8-9(3)7-10(4)12/h9-11H,5-8H2,1-4H3. The monoisotopic (exact) mass is 234 g/mol. The summed E-state index contributed by atoms with van der Waals surface area (Å²) in [5.74, 6) is 1.83. The quantitative estimate of drug-likeness (QED) is 0.589. The molecule has 0 bridgehead atoms. The number of hydrogen-bond donors (Lipinski definition) is 0. The van der Waals surface area contributed by atoms with Crippen LogP contribution in [0.25, 0.3) is 0 Å². The van der Waals surface area contributed by atoms with E-state index in [-0.39, 0.29) is 0 Å². The summed E-state index contributed by atoms with van der Waals surface area (Å²) in [7, 11) is 0. The molecular weight excluding hydrogens is 212 g/mol. The van der Waals surface area contributed by atoms with Gasteiger partial charge in [0.25, 0.3) is 0 Å². The zero-order chi connectivity index (χ0) is 9.56. The minimum absolute atomic E-state index is 0.682. The summed E-state index contributed by atoms with van der Waals surface area (Å²) >= 11 is 3.61. The zero-order valence-electron chi connectivity index (χ0n) is 8.94. The molecule has 0 radical (unpaired) electrons. The lowest BCUT2D eigenvalue weighted by atomic mass is 9.89. The van der Waals surface area contributed by atoms with Crippen molar-refractivity contribution in [3.63, 3.8) is 0 Å². The van der Waals surface area contributed by atoms with Gasteiger partial charge in [-0.3, -0.25) is 0 Å². The van der Waals surface area contributed by atoms with E-state index in [0.717, 1.165) is 11.8 Å². The Bertz CT molecular complexity index is 95.2. The average molecular weight is 235 g/mol. The topological polar surface area (TPSA) is 0 Å². The van der Waals surface area contributed by atoms with E-state index >= 15 is 0 Å². The number of halogens is 1. The Morgan fingerprint density at radius 1 is 1.00 bits per heavy atom. The lowest BCUT2D eigenvalue weighted by molar-refractivity contribution is 0.358. The molecule has 2 atom stereocenters. The summed E-state index contributed by atoms with van der Waals surface area (Å²) in [4.78, 5) is 0.682. The molecule has 0 heterocycles. The Hall–Kier alpha value is 0.480. The van der Waals surface area contributed by atoms with Crippen LogP contribution in [0.3, 0.4) is 0 Å². The van der Waals surface area contributed by atoms with Crippen LogP contribution < -0.4 is 0 Å². The molecule has 12 heavy (non-hydrogen) atoms. The van der Waals surface area contributed by atoms with E-state index in [4.69, 9.17) is 0 Å². The van der Waals surface area contributed by atoms with E-state index in [2.05, 4.69) is 43.6 Å². The van der Waals surface area contributed by atoms with Crippen LogP contribution in [0.5, 0.6) is 0 Å². The number of alkyl halides is 1. The Balaban J connectivity index is 3.58. The highest BCUT2D eigenvalue weighted by Gasteiger charge is 2.11. The highest BCUT2D eigenvalue weighted by Crippen LogP contribution is 2.23. The summed E-state index contributed by atoms with van der Waals surface area (Å²) in [5, 5.41) is 0. The maximum Gasteiger partial charge on any atom is 0.0120 e. The molecular formula is C11H23Br. The first-order valence-electron chi connectivity index (χ1n) is 5.24. The summed E-state index contributed by atoms with van der Waals surface area (Å²) in [6.07, 6.45) is 5.41. The van der Waals surface area contributed by atoms with Gasteiger partial charge in [-0.15, -0.1) is 0 Å². The Morgan fingerprint density at radius 2 is 1.50 bits per heavy atom. The van der Waals surface area contributed by atoms with Gasteiger partial charge in [0.15, 0.2) is 0 Å². The van der Waals surface area contributed by atoms with E-state index in [9.17, 15) is 0 Å². The van der Waals surface area contributed by atoms with Gasteiger partial charge in [-0.1, -0.05) is 56.5 Å². The van der Waals surface area contributed by atoms with Crippen molar-refractivity contribution in [1.82, 2.24) is 0 Å². The van der Waals surface area contributed by atoms with E-state index in [0.29, 0.717) is 4.83 Å². The fourth-order valence-electron chi connectivity index (χ4n) is 1.84. The van der Waals surface area contributed by atoms with Crippen molar-refractivity contribution in [2.45, 2.75) is 58.2 Å². The summed E-state index contributed by atoms with van der Waals surface area (Å²) in [6.45, 7) is 9.22. The van der Waals surface area contributed by atoms with Gasteiger partial charge in [0.05, 0.1) is 0 Å². The average Bonchev–Trinajstić information content (AvgIpc) is 1.98. The lowest BCUT2D eigenvalue weighted by Gasteiger charge is -2.18. The van der Waals surface area contributed by atoms with Crippen molar-refractivity contribution in [3.8, 4) is 0 Å². The minimum Gasteiger partial charge on any atom is -0.0894 e. The lowest BCUT2D eigenvalue weighted by Crippen LogP contribution is -2.08. The van der Waals surface area contributed by atoms with Gasteiger partial charge in [-0.05, 0) is 24.7 Å². The molecule has 0 aromatic heterocycles. The van der Waals surface area contributed by atoms with Gasteiger partial charge >= 0.3 is 0 Å². The molecule has 0 aliphatic heterocycles. The summed E-state index contributed by atoms with van der Waals surface area (Å²) in [6, 6.07) is 0. The molecule has 0 saturated carbocycles. The highest BCUT2D eigenvalue weighted by atomic mass is 79.9. The molecule has 0 aliphatic rings. The molecule has 0 spiro atoms. The molecule has 1 heteroatoms. The summed E-state index contributed by atoms with van der Waals surface area (Å²) in [5.41, 5.74) is 0. The molecule has 0 nitrogen and oxygen atoms in total. The van der Waals surface area contributed by atoms with Crippen molar-refractivity contribution in [2.75, 3.05) is 0 Å². The molecule has 0 amide bonds. The first kappa shape index (κ1) is 12.5. The van der Waals surface area contributed by atoms with Crippen LogP contribution in [0.4, 0.5) is 0 Å². The van der Waals surface area contributed by atoms with Gasteiger partial charge in [0, 0.05) is 4.83 Å². The zero-order valence-corrected chi connectivity index (χ0v) is 10.5. The van der Waals surface area contributed by atoms with Crippen LogP contribution in [-0.4, -0.2) is 4.83 Å². The van der Waals surface area contributed by atoms with Gasteiger partial charge < -0.3 is 0 Å². The predicted octanol–water partition coefficient (Wildman–Crippen LogP) is 4.62. The SMILES string of the molecule is CCC(CC)CC(C)CC(C)Br. The van der Waals surface area contributed by atoms with Crippen LogP contribution in [-0.2, 0) is 0 Å². The van der Waals surface area contributed by atoms with Crippen LogP contribution in [0.2, 0.25) is 0 Å². The predicted molar refractivity (Wildman–Crippen MR) is 60.9 cm³/mol. The maximum atomic E-state index is 3.61. The van der Waals surface area contributed by atoms with Gasteiger partial charge in [-0.25, -0.2) is 0 Å². The van der Waals surface area contributed by atoms with Crippen molar-refractivity contribution in [2.24, 2.45) is 11.8 Å². The molecule has 0 saturated heterocycles. The third-order valence-corrected chi connectivity index (χ3v) is 2.99. The van der Waals surface area contributed by atoms with E-state index in [1.165, 1.54) is 25.7 Å². The molecule has 0 aromatic carbocycles. The van der Waals surface area contributed by atoms with Crippen molar-refractivity contribution >= 4 is 15.9 Å². The van der Waals surface area contributed by atoms with Crippen molar-refractivity contribution < 1.29 is 0 Å². The van der Waals surface area contributed by atoms with E-state index in [1.807, 2.05) is 0 Å². The molecule has 0 aliphatic carbocycles. The number of hydrogen-bond acceptors (Lipinski definition) is 0. The minimum atomic E-state index is 0.682. The Labute approximate surface area is 86.3 Å². The fourth-order valence-corrected chi connectivity index (χ4v) is 2.48. The van der Waals surface area contributed by atoms with Gasteiger partial charge in [0.2, 0.25) is 0 Å². The second kappa shape index (κ2) is 6.94. The van der Waals surface area contributed by atoms with Crippen LogP contribution in [0.1, 0.15) is 53.4 Å². The Kier molecular flexibility index (Phi) is 7.22. The first-order chi connectivity index (χ1) is 5.60.